The molecule has 1 N–H and O–H groups in total. The van der Waals surface area contributed by atoms with Gasteiger partial charge in [-0.2, -0.15) is 5.48 Å². The third-order valence-electron chi connectivity index (χ3n) is 1.66. The zero-order chi connectivity index (χ0) is 9.68. The normalized spacial score (nSPS) is 8.40. The molecule has 0 saturated carbocycles. The molecule has 6 heteroatoms. The summed E-state index contributed by atoms with van der Waals surface area (Å²) in [6, 6.07) is 3.66. The maximum Gasteiger partial charge on any atom is 0.375 e. The molecule has 0 saturated heterocycles. The molecule has 0 radical (unpaired) electrons. The molecule has 0 aromatic carbocycles. The predicted octanol–water partition coefficient (Wildman–Crippen LogP) is 1.78. The van der Waals surface area contributed by atoms with Crippen molar-refractivity contribution in [3.8, 4) is 0 Å². The molecular formula is C9H14Cl2N2O2. The molecule has 4 nitrogen and oxygen atoms in total. The van der Waals surface area contributed by atoms with Crippen LogP contribution in [0.2, 0.25) is 0 Å². The zero-order valence-corrected chi connectivity index (χ0v) is 10.2. The van der Waals surface area contributed by atoms with E-state index in [1.807, 2.05) is 13.0 Å². The number of halogens is 2. The Morgan fingerprint density at radius 1 is 1.53 bits per heavy atom. The van der Waals surface area contributed by atoms with E-state index in [0.29, 0.717) is 5.69 Å². The lowest BCUT2D eigenvalue weighted by molar-refractivity contribution is 0.0301. The van der Waals surface area contributed by atoms with Crippen molar-refractivity contribution in [3.05, 3.63) is 29.6 Å². The summed E-state index contributed by atoms with van der Waals surface area (Å²) in [6.45, 7) is 1.97. The van der Waals surface area contributed by atoms with E-state index < -0.39 is 5.97 Å². The summed E-state index contributed by atoms with van der Waals surface area (Å²) in [5.74, 6) is -0.444. The minimum absolute atomic E-state index is 0. The Bertz CT molecular complexity index is 308. The van der Waals surface area contributed by atoms with E-state index in [1.165, 1.54) is 7.05 Å². The topological polar surface area (TPSA) is 51.2 Å². The van der Waals surface area contributed by atoms with E-state index in [0.717, 1.165) is 12.0 Å². The van der Waals surface area contributed by atoms with Crippen LogP contribution in [0.1, 0.15) is 23.0 Å². The fourth-order valence-electron chi connectivity index (χ4n) is 1.05. The van der Waals surface area contributed by atoms with Gasteiger partial charge in [0.15, 0.2) is 5.69 Å². The number of nitrogens with zero attached hydrogens (tertiary/aromatic N) is 1. The van der Waals surface area contributed by atoms with Crippen molar-refractivity contribution >= 4 is 30.8 Å². The van der Waals surface area contributed by atoms with Crippen LogP contribution in [-0.4, -0.2) is 18.0 Å². The van der Waals surface area contributed by atoms with E-state index in [-0.39, 0.29) is 24.8 Å². The number of nitrogens with one attached hydrogen (secondary N) is 1. The number of pyridine rings is 1. The molecule has 0 atom stereocenters. The van der Waals surface area contributed by atoms with Gasteiger partial charge < -0.3 is 4.84 Å². The molecule has 0 aliphatic rings. The molecule has 0 fully saturated rings. The van der Waals surface area contributed by atoms with Crippen molar-refractivity contribution in [2.45, 2.75) is 13.3 Å². The summed E-state index contributed by atoms with van der Waals surface area (Å²) in [6.07, 6.45) is 2.34. The van der Waals surface area contributed by atoms with Crippen molar-refractivity contribution in [2.24, 2.45) is 0 Å². The number of rotatable bonds is 3. The largest absolute Gasteiger partial charge is 0.375 e. The molecule has 1 aromatic rings. The molecule has 0 aliphatic heterocycles. The van der Waals surface area contributed by atoms with Crippen LogP contribution in [0.25, 0.3) is 0 Å². The van der Waals surface area contributed by atoms with Crippen LogP contribution in [-0.2, 0) is 11.3 Å². The Kier molecular flexibility index (Phi) is 9.36. The fourth-order valence-corrected chi connectivity index (χ4v) is 1.05. The first-order valence-corrected chi connectivity index (χ1v) is 4.11. The van der Waals surface area contributed by atoms with Gasteiger partial charge in [-0.25, -0.2) is 9.78 Å². The third kappa shape index (κ3) is 4.46. The smallest absolute Gasteiger partial charge is 0.366 e. The molecule has 15 heavy (non-hydrogen) atoms. The third-order valence-corrected chi connectivity index (χ3v) is 1.66. The number of hydrogen-bond acceptors (Lipinski definition) is 4. The van der Waals surface area contributed by atoms with E-state index in [4.69, 9.17) is 0 Å². The number of hydroxylamine groups is 1. The van der Waals surface area contributed by atoms with Gasteiger partial charge in [0.25, 0.3) is 0 Å². The molecule has 1 heterocycles. The molecule has 0 aliphatic carbocycles. The molecular weight excluding hydrogens is 239 g/mol. The molecule has 1 aromatic heterocycles. The molecule has 0 spiro atoms. The summed E-state index contributed by atoms with van der Waals surface area (Å²) in [4.78, 5) is 19.8. The SMILES string of the molecule is CCc1cccnc1C(=O)ONC.Cl.Cl. The van der Waals surface area contributed by atoms with Gasteiger partial charge in [0.1, 0.15) is 0 Å². The van der Waals surface area contributed by atoms with Crippen LogP contribution in [0.15, 0.2) is 18.3 Å². The Balaban J connectivity index is 0. The number of hydrogen-bond donors (Lipinski definition) is 1. The van der Waals surface area contributed by atoms with Crippen molar-refractivity contribution in [2.75, 3.05) is 7.05 Å². The Morgan fingerprint density at radius 2 is 2.20 bits per heavy atom. The van der Waals surface area contributed by atoms with Gasteiger partial charge in [-0.3, -0.25) is 0 Å². The van der Waals surface area contributed by atoms with Crippen LogP contribution >= 0.6 is 24.8 Å². The molecule has 0 unspecified atom stereocenters. The highest BCUT2D eigenvalue weighted by Crippen LogP contribution is 2.06. The van der Waals surface area contributed by atoms with Crippen molar-refractivity contribution in [3.63, 3.8) is 0 Å². The lowest BCUT2D eigenvalue weighted by Crippen LogP contribution is -2.17. The summed E-state index contributed by atoms with van der Waals surface area (Å²) < 4.78 is 0. The first-order valence-electron chi connectivity index (χ1n) is 4.11. The van der Waals surface area contributed by atoms with Gasteiger partial charge in [0.05, 0.1) is 0 Å². The number of carbonyl (C=O) groups excluding carboxylic acids is 1. The van der Waals surface area contributed by atoms with Crippen LogP contribution in [0.4, 0.5) is 0 Å². The standard InChI is InChI=1S/C9H12N2O2.2ClH/c1-3-7-5-4-6-11-8(7)9(12)13-10-2;;/h4-6,10H,3H2,1-2H3;2*1H. The maximum absolute atomic E-state index is 11.3. The van der Waals surface area contributed by atoms with Crippen molar-refractivity contribution in [1.82, 2.24) is 10.5 Å². The maximum atomic E-state index is 11.3. The highest BCUT2D eigenvalue weighted by Gasteiger charge is 2.12. The minimum Gasteiger partial charge on any atom is -0.366 e. The Hall–Kier alpha value is -0.840. The second-order valence-corrected chi connectivity index (χ2v) is 2.46. The van der Waals surface area contributed by atoms with Crippen molar-refractivity contribution in [1.29, 1.82) is 0 Å². The number of aryl methyl sites for hydroxylation is 1. The van der Waals surface area contributed by atoms with Crippen LogP contribution in [0, 0.1) is 0 Å². The molecule has 1 rings (SSSR count). The van der Waals surface area contributed by atoms with E-state index in [2.05, 4.69) is 15.3 Å². The number of aromatic nitrogens is 1. The molecule has 0 amide bonds. The number of carbonyl (C=O) groups is 1. The fraction of sp³-hybridized carbons (Fsp3) is 0.333. The lowest BCUT2D eigenvalue weighted by Gasteiger charge is -2.04. The van der Waals surface area contributed by atoms with Gasteiger partial charge in [-0.15, -0.1) is 24.8 Å². The predicted molar refractivity (Wildman–Crippen MR) is 62.6 cm³/mol. The first-order chi connectivity index (χ1) is 6.29. The van der Waals surface area contributed by atoms with Gasteiger partial charge in [-0.1, -0.05) is 13.0 Å². The quantitative estimate of drug-likeness (QED) is 0.834. The average molecular weight is 253 g/mol. The summed E-state index contributed by atoms with van der Waals surface area (Å²) in [5, 5.41) is 0. The minimum atomic E-state index is -0.444. The highest BCUT2D eigenvalue weighted by atomic mass is 35.5. The van der Waals surface area contributed by atoms with Gasteiger partial charge in [0, 0.05) is 13.2 Å². The van der Waals surface area contributed by atoms with Gasteiger partial charge in [-0.05, 0) is 18.1 Å². The van der Waals surface area contributed by atoms with Gasteiger partial charge in [0.2, 0.25) is 0 Å². The monoisotopic (exact) mass is 252 g/mol. The molecule has 0 bridgehead atoms. The molecule has 86 valence electrons. The Labute approximate surface area is 101 Å². The summed E-state index contributed by atoms with van der Waals surface area (Å²) >= 11 is 0. The summed E-state index contributed by atoms with van der Waals surface area (Å²) in [7, 11) is 1.53. The van der Waals surface area contributed by atoms with E-state index in [9.17, 15) is 4.79 Å². The van der Waals surface area contributed by atoms with Crippen LogP contribution in [0.5, 0.6) is 0 Å². The van der Waals surface area contributed by atoms with Crippen LogP contribution < -0.4 is 5.48 Å². The second-order valence-electron chi connectivity index (χ2n) is 2.46. The van der Waals surface area contributed by atoms with Gasteiger partial charge >= 0.3 is 5.97 Å². The van der Waals surface area contributed by atoms with E-state index >= 15 is 0 Å². The van der Waals surface area contributed by atoms with E-state index in [1.54, 1.807) is 12.3 Å². The highest BCUT2D eigenvalue weighted by molar-refractivity contribution is 5.88. The lowest BCUT2D eigenvalue weighted by atomic mass is 10.1. The Morgan fingerprint density at radius 3 is 2.73 bits per heavy atom. The second kappa shape index (κ2) is 8.47. The zero-order valence-electron chi connectivity index (χ0n) is 8.52. The van der Waals surface area contributed by atoms with Crippen LogP contribution in [0.3, 0.4) is 0 Å². The average Bonchev–Trinajstić information content (AvgIpc) is 2.18. The van der Waals surface area contributed by atoms with Crippen molar-refractivity contribution < 1.29 is 9.63 Å². The first kappa shape index (κ1) is 16.6. The summed E-state index contributed by atoms with van der Waals surface area (Å²) in [5.41, 5.74) is 3.59.